The van der Waals surface area contributed by atoms with Crippen molar-refractivity contribution in [2.24, 2.45) is 0 Å². The first kappa shape index (κ1) is 13.4. The van der Waals surface area contributed by atoms with E-state index in [4.69, 9.17) is 10.2 Å². The third-order valence-electron chi connectivity index (χ3n) is 2.12. The van der Waals surface area contributed by atoms with Crippen LogP contribution in [0.1, 0.15) is 17.5 Å². The van der Waals surface area contributed by atoms with Gasteiger partial charge in [0.1, 0.15) is 0 Å². The quantitative estimate of drug-likeness (QED) is 0.819. The molecule has 0 fully saturated rings. The van der Waals surface area contributed by atoms with Crippen LogP contribution in [0.3, 0.4) is 0 Å². The van der Waals surface area contributed by atoms with Gasteiger partial charge in [-0.1, -0.05) is 22.0 Å². The van der Waals surface area contributed by atoms with E-state index >= 15 is 0 Å². The van der Waals surface area contributed by atoms with Crippen LogP contribution in [0.25, 0.3) is 6.08 Å². The summed E-state index contributed by atoms with van der Waals surface area (Å²) in [5.41, 5.74) is 1.52. The van der Waals surface area contributed by atoms with Gasteiger partial charge in [0.05, 0.1) is 0 Å². The lowest BCUT2D eigenvalue weighted by Crippen LogP contribution is -1.99. The van der Waals surface area contributed by atoms with Crippen molar-refractivity contribution in [3.63, 3.8) is 0 Å². The average molecular weight is 299 g/mol. The number of benzene rings is 1. The second-order valence-electron chi connectivity index (χ2n) is 3.41. The van der Waals surface area contributed by atoms with Gasteiger partial charge >= 0.3 is 11.9 Å². The number of aryl methyl sites for hydroxylation is 1. The molecular weight excluding hydrogens is 288 g/mol. The molecule has 0 aliphatic heterocycles. The first-order valence-electron chi connectivity index (χ1n) is 4.90. The average Bonchev–Trinajstić information content (AvgIpc) is 2.24. The Morgan fingerprint density at radius 2 is 2.00 bits per heavy atom. The molecule has 1 rings (SSSR count). The molecule has 1 aromatic carbocycles. The molecule has 90 valence electrons. The molecule has 0 aliphatic rings. The molecule has 0 bridgehead atoms. The van der Waals surface area contributed by atoms with Crippen molar-refractivity contribution in [3.05, 3.63) is 39.9 Å². The second-order valence-corrected chi connectivity index (χ2v) is 4.32. The van der Waals surface area contributed by atoms with Crippen LogP contribution in [0.2, 0.25) is 0 Å². The van der Waals surface area contributed by atoms with Gasteiger partial charge in [0, 0.05) is 17.0 Å². The van der Waals surface area contributed by atoms with Gasteiger partial charge in [-0.3, -0.25) is 4.79 Å². The van der Waals surface area contributed by atoms with E-state index in [9.17, 15) is 9.59 Å². The van der Waals surface area contributed by atoms with Crippen LogP contribution < -0.4 is 0 Å². The van der Waals surface area contributed by atoms with Crippen molar-refractivity contribution in [1.29, 1.82) is 0 Å². The normalized spacial score (nSPS) is 10.6. The topological polar surface area (TPSA) is 74.6 Å². The van der Waals surface area contributed by atoms with Gasteiger partial charge in [-0.25, -0.2) is 4.79 Å². The summed E-state index contributed by atoms with van der Waals surface area (Å²) in [7, 11) is 0. The summed E-state index contributed by atoms with van der Waals surface area (Å²) in [6.07, 6.45) is 2.89. The summed E-state index contributed by atoms with van der Waals surface area (Å²) in [4.78, 5) is 20.9. The van der Waals surface area contributed by atoms with E-state index in [-0.39, 0.29) is 6.42 Å². The van der Waals surface area contributed by atoms with Gasteiger partial charge in [-0.2, -0.15) is 0 Å². The zero-order chi connectivity index (χ0) is 12.8. The number of hydrogen-bond donors (Lipinski definition) is 2. The lowest BCUT2D eigenvalue weighted by Gasteiger charge is -2.05. The van der Waals surface area contributed by atoms with Crippen LogP contribution in [0.5, 0.6) is 0 Å². The fourth-order valence-electron chi connectivity index (χ4n) is 1.36. The Morgan fingerprint density at radius 3 is 2.59 bits per heavy atom. The number of aliphatic carboxylic acids is 2. The number of rotatable bonds is 5. The first-order chi connectivity index (χ1) is 7.99. The highest BCUT2D eigenvalue weighted by molar-refractivity contribution is 9.10. The second kappa shape index (κ2) is 6.20. The van der Waals surface area contributed by atoms with Gasteiger partial charge < -0.3 is 10.2 Å². The van der Waals surface area contributed by atoms with E-state index in [0.717, 1.165) is 21.7 Å². The number of hydrogen-bond acceptors (Lipinski definition) is 2. The molecule has 0 heterocycles. The summed E-state index contributed by atoms with van der Waals surface area (Å²) < 4.78 is 0.838. The summed E-state index contributed by atoms with van der Waals surface area (Å²) in [6, 6.07) is 5.33. The van der Waals surface area contributed by atoms with Gasteiger partial charge in [0.15, 0.2) is 0 Å². The van der Waals surface area contributed by atoms with Gasteiger partial charge in [0.25, 0.3) is 0 Å². The maximum absolute atomic E-state index is 10.5. The van der Waals surface area contributed by atoms with Crippen molar-refractivity contribution in [2.75, 3.05) is 0 Å². The highest BCUT2D eigenvalue weighted by Gasteiger charge is 2.04. The lowest BCUT2D eigenvalue weighted by atomic mass is 10.0. The van der Waals surface area contributed by atoms with E-state index in [1.165, 1.54) is 6.08 Å². The summed E-state index contributed by atoms with van der Waals surface area (Å²) >= 11 is 3.30. The summed E-state index contributed by atoms with van der Waals surface area (Å²) in [5, 5.41) is 17.2. The third kappa shape index (κ3) is 4.82. The molecule has 0 atom stereocenters. The largest absolute Gasteiger partial charge is 0.481 e. The van der Waals surface area contributed by atoms with Gasteiger partial charge in [-0.15, -0.1) is 0 Å². The van der Waals surface area contributed by atoms with Crippen molar-refractivity contribution in [1.82, 2.24) is 0 Å². The zero-order valence-electron chi connectivity index (χ0n) is 8.89. The Morgan fingerprint density at radius 1 is 1.29 bits per heavy atom. The molecule has 1 aromatic rings. The molecule has 17 heavy (non-hydrogen) atoms. The fourth-order valence-corrected chi connectivity index (χ4v) is 1.76. The molecule has 0 saturated heterocycles. The number of carboxylic acid groups (broad SMARTS) is 2. The molecule has 0 aliphatic carbocycles. The zero-order valence-corrected chi connectivity index (χ0v) is 10.5. The number of carboxylic acids is 2. The molecule has 0 spiro atoms. The Balaban J connectivity index is 2.95. The van der Waals surface area contributed by atoms with E-state index in [0.29, 0.717) is 6.42 Å². The highest BCUT2D eigenvalue weighted by Crippen LogP contribution is 2.19. The Labute approximate surface area is 107 Å². The molecule has 2 N–H and O–H groups in total. The van der Waals surface area contributed by atoms with Crippen molar-refractivity contribution in [2.45, 2.75) is 12.8 Å². The van der Waals surface area contributed by atoms with Gasteiger partial charge in [-0.05, 0) is 35.8 Å². The van der Waals surface area contributed by atoms with Crippen LogP contribution in [-0.2, 0) is 16.0 Å². The summed E-state index contributed by atoms with van der Waals surface area (Å²) in [6.45, 7) is 0. The maximum atomic E-state index is 10.5. The third-order valence-corrected chi connectivity index (χ3v) is 2.61. The smallest absolute Gasteiger partial charge is 0.328 e. The standard InChI is InChI=1S/C12H11BrO4/c13-10-4-1-8(2-5-11(14)15)9(7-10)3-6-12(16)17/h1-2,4-5,7H,3,6H2,(H,14,15)(H,16,17)/b5-2+. The molecule has 5 heteroatoms. The Hall–Kier alpha value is -1.62. The number of carbonyl (C=O) groups is 2. The van der Waals surface area contributed by atoms with Crippen molar-refractivity contribution in [3.8, 4) is 0 Å². The van der Waals surface area contributed by atoms with E-state index in [1.54, 1.807) is 18.2 Å². The predicted octanol–water partition coefficient (Wildman–Crippen LogP) is 2.56. The maximum Gasteiger partial charge on any atom is 0.328 e. The van der Waals surface area contributed by atoms with Crippen LogP contribution in [-0.4, -0.2) is 22.2 Å². The summed E-state index contributed by atoms with van der Waals surface area (Å²) in [5.74, 6) is -1.91. The van der Waals surface area contributed by atoms with E-state index in [2.05, 4.69) is 15.9 Å². The minimum atomic E-state index is -1.03. The van der Waals surface area contributed by atoms with Crippen LogP contribution >= 0.6 is 15.9 Å². The molecule has 4 nitrogen and oxygen atoms in total. The molecule has 0 saturated carbocycles. The first-order valence-corrected chi connectivity index (χ1v) is 5.69. The monoisotopic (exact) mass is 298 g/mol. The Kier molecular flexibility index (Phi) is 4.90. The SMILES string of the molecule is O=C(O)/C=C/c1ccc(Br)cc1CCC(=O)O. The van der Waals surface area contributed by atoms with Gasteiger partial charge in [0.2, 0.25) is 0 Å². The van der Waals surface area contributed by atoms with E-state index in [1.807, 2.05) is 0 Å². The van der Waals surface area contributed by atoms with E-state index < -0.39 is 11.9 Å². The van der Waals surface area contributed by atoms with Crippen molar-refractivity contribution >= 4 is 33.9 Å². The Bertz CT molecular complexity index is 466. The molecular formula is C12H11BrO4. The van der Waals surface area contributed by atoms with Crippen molar-refractivity contribution < 1.29 is 19.8 Å². The number of halogens is 1. The molecule has 0 aromatic heterocycles. The highest BCUT2D eigenvalue weighted by atomic mass is 79.9. The predicted molar refractivity (Wildman–Crippen MR) is 66.8 cm³/mol. The molecule has 0 unspecified atom stereocenters. The van der Waals surface area contributed by atoms with Crippen LogP contribution in [0.4, 0.5) is 0 Å². The minimum absolute atomic E-state index is 0.0182. The fraction of sp³-hybridized carbons (Fsp3) is 0.167. The van der Waals surface area contributed by atoms with Crippen LogP contribution in [0, 0.1) is 0 Å². The molecule has 0 radical (unpaired) electrons. The molecule has 0 amide bonds. The lowest BCUT2D eigenvalue weighted by molar-refractivity contribution is -0.137. The minimum Gasteiger partial charge on any atom is -0.481 e. The van der Waals surface area contributed by atoms with Crippen LogP contribution in [0.15, 0.2) is 28.7 Å².